The highest BCUT2D eigenvalue weighted by Crippen LogP contribution is 2.29. The minimum atomic E-state index is -4.42. The number of anilines is 1. The van der Waals surface area contributed by atoms with Crippen molar-refractivity contribution < 1.29 is 22.5 Å². The van der Waals surface area contributed by atoms with Crippen LogP contribution in [-0.4, -0.2) is 11.1 Å². The number of nitrogens with zero attached hydrogens (tertiary/aromatic N) is 1. The van der Waals surface area contributed by atoms with Gasteiger partial charge in [-0.15, -0.1) is 12.3 Å². The monoisotopic (exact) mass is 308 g/mol. The third kappa shape index (κ3) is 3.67. The van der Waals surface area contributed by atoms with E-state index in [2.05, 4.69) is 16.4 Å². The Morgan fingerprint density at radius 1 is 1.32 bits per heavy atom. The Kier molecular flexibility index (Phi) is 4.51. The maximum absolute atomic E-state index is 12.5. The van der Waals surface area contributed by atoms with Crippen LogP contribution in [0.15, 0.2) is 35.0 Å². The number of rotatable bonds is 4. The van der Waals surface area contributed by atoms with Gasteiger partial charge in [-0.3, -0.25) is 4.79 Å². The first-order valence-electron chi connectivity index (χ1n) is 6.27. The minimum absolute atomic E-state index is 0.204. The molecule has 0 fully saturated rings. The average Bonchev–Trinajstić information content (AvgIpc) is 2.93. The summed E-state index contributed by atoms with van der Waals surface area (Å²) < 4.78 is 42.3. The van der Waals surface area contributed by atoms with Crippen molar-refractivity contribution >= 4 is 11.6 Å². The summed E-state index contributed by atoms with van der Waals surface area (Å²) in [4.78, 5) is 12.1. The number of aromatic nitrogens is 1. The Morgan fingerprint density at radius 3 is 2.59 bits per heavy atom. The Bertz CT molecular complexity index is 697. The highest BCUT2D eigenvalue weighted by molar-refractivity contribution is 6.04. The van der Waals surface area contributed by atoms with Gasteiger partial charge in [0.15, 0.2) is 0 Å². The van der Waals surface area contributed by atoms with E-state index in [-0.39, 0.29) is 11.3 Å². The Hall–Kier alpha value is -2.75. The zero-order chi connectivity index (χ0) is 16.2. The molecule has 1 aromatic heterocycles. The molecule has 0 saturated heterocycles. The highest BCUT2D eigenvalue weighted by atomic mass is 19.4. The smallest absolute Gasteiger partial charge is 0.361 e. The predicted octanol–water partition coefficient (Wildman–Crippen LogP) is 3.51. The maximum Gasteiger partial charge on any atom is 0.416 e. The first kappa shape index (κ1) is 15.6. The highest BCUT2D eigenvalue weighted by Gasteiger charge is 2.30. The summed E-state index contributed by atoms with van der Waals surface area (Å²) in [6.45, 7) is 0. The van der Waals surface area contributed by atoms with Crippen LogP contribution in [0, 0.1) is 12.3 Å². The fourth-order valence-corrected chi connectivity index (χ4v) is 1.76. The number of amides is 1. The first-order chi connectivity index (χ1) is 10.4. The van der Waals surface area contributed by atoms with E-state index >= 15 is 0 Å². The normalized spacial score (nSPS) is 11.0. The Balaban J connectivity index is 2.09. The number of terminal acetylenes is 1. The van der Waals surface area contributed by atoms with Crippen molar-refractivity contribution in [2.24, 2.45) is 0 Å². The van der Waals surface area contributed by atoms with Gasteiger partial charge in [-0.1, -0.05) is 5.16 Å². The fourth-order valence-electron chi connectivity index (χ4n) is 1.76. The number of halogens is 3. The van der Waals surface area contributed by atoms with Gasteiger partial charge >= 0.3 is 6.18 Å². The van der Waals surface area contributed by atoms with Gasteiger partial charge in [-0.2, -0.15) is 13.2 Å². The van der Waals surface area contributed by atoms with Gasteiger partial charge in [0.1, 0.15) is 11.3 Å². The van der Waals surface area contributed by atoms with Crippen LogP contribution in [0.3, 0.4) is 0 Å². The van der Waals surface area contributed by atoms with Gasteiger partial charge in [-0.25, -0.2) is 0 Å². The lowest BCUT2D eigenvalue weighted by Gasteiger charge is -2.08. The molecular formula is C15H11F3N2O2. The molecule has 0 aliphatic heterocycles. The van der Waals surface area contributed by atoms with Gasteiger partial charge in [0.2, 0.25) is 0 Å². The molecule has 1 amide bonds. The summed E-state index contributed by atoms with van der Waals surface area (Å²) >= 11 is 0. The molecule has 2 rings (SSSR count). The summed E-state index contributed by atoms with van der Waals surface area (Å²) in [6, 6.07) is 4.13. The molecule has 0 atom stereocenters. The van der Waals surface area contributed by atoms with E-state index in [0.29, 0.717) is 18.6 Å². The van der Waals surface area contributed by atoms with Gasteiger partial charge < -0.3 is 9.84 Å². The fraction of sp³-hybridized carbons (Fsp3) is 0.200. The van der Waals surface area contributed by atoms with E-state index in [1.807, 2.05) is 0 Å². The van der Waals surface area contributed by atoms with E-state index in [9.17, 15) is 18.0 Å². The molecule has 7 heteroatoms. The molecule has 0 unspecified atom stereocenters. The molecule has 1 heterocycles. The molecule has 0 spiro atoms. The third-order valence-electron chi connectivity index (χ3n) is 2.86. The van der Waals surface area contributed by atoms with Crippen LogP contribution in [0.4, 0.5) is 18.9 Å². The van der Waals surface area contributed by atoms with Crippen molar-refractivity contribution in [2.75, 3.05) is 5.32 Å². The molecule has 0 saturated carbocycles. The van der Waals surface area contributed by atoms with E-state index in [4.69, 9.17) is 10.9 Å². The van der Waals surface area contributed by atoms with Gasteiger partial charge in [0.05, 0.1) is 11.8 Å². The molecule has 1 N–H and O–H groups in total. The number of alkyl halides is 3. The molecule has 0 radical (unpaired) electrons. The van der Waals surface area contributed by atoms with Crippen molar-refractivity contribution in [2.45, 2.75) is 19.0 Å². The van der Waals surface area contributed by atoms with E-state index in [0.717, 1.165) is 12.1 Å². The number of carbonyl (C=O) groups is 1. The van der Waals surface area contributed by atoms with Crippen LogP contribution >= 0.6 is 0 Å². The number of nitrogens with one attached hydrogen (secondary N) is 1. The largest absolute Gasteiger partial charge is 0.416 e. The van der Waals surface area contributed by atoms with Crippen molar-refractivity contribution in [3.8, 4) is 12.3 Å². The van der Waals surface area contributed by atoms with E-state index in [1.54, 1.807) is 0 Å². The lowest BCUT2D eigenvalue weighted by molar-refractivity contribution is -0.137. The average molecular weight is 308 g/mol. The van der Waals surface area contributed by atoms with Gasteiger partial charge in [0.25, 0.3) is 5.91 Å². The van der Waals surface area contributed by atoms with Gasteiger partial charge in [-0.05, 0) is 24.3 Å². The predicted molar refractivity (Wildman–Crippen MR) is 73.1 cm³/mol. The first-order valence-corrected chi connectivity index (χ1v) is 6.27. The zero-order valence-electron chi connectivity index (χ0n) is 11.3. The van der Waals surface area contributed by atoms with Gasteiger partial charge in [0, 0.05) is 18.5 Å². The quantitative estimate of drug-likeness (QED) is 0.879. The van der Waals surface area contributed by atoms with E-state index in [1.165, 1.54) is 18.3 Å². The zero-order valence-corrected chi connectivity index (χ0v) is 11.3. The van der Waals surface area contributed by atoms with Crippen LogP contribution in [0.2, 0.25) is 0 Å². The molecule has 1 aromatic carbocycles. The molecule has 114 valence electrons. The second-order valence-corrected chi connectivity index (χ2v) is 4.40. The van der Waals surface area contributed by atoms with Crippen molar-refractivity contribution in [3.63, 3.8) is 0 Å². The van der Waals surface area contributed by atoms with Crippen LogP contribution in [0.25, 0.3) is 0 Å². The van der Waals surface area contributed by atoms with Crippen LogP contribution in [0.1, 0.15) is 28.1 Å². The van der Waals surface area contributed by atoms with Crippen LogP contribution in [0.5, 0.6) is 0 Å². The summed E-state index contributed by atoms with van der Waals surface area (Å²) in [6.07, 6.45) is 2.70. The summed E-state index contributed by atoms with van der Waals surface area (Å²) in [5, 5.41) is 6.01. The maximum atomic E-state index is 12.5. The molecular weight excluding hydrogens is 297 g/mol. The van der Waals surface area contributed by atoms with Crippen LogP contribution in [-0.2, 0) is 12.6 Å². The molecule has 4 nitrogen and oxygen atoms in total. The number of aryl methyl sites for hydroxylation is 1. The number of hydrogen-bond donors (Lipinski definition) is 1. The lowest BCUT2D eigenvalue weighted by Crippen LogP contribution is -2.13. The second-order valence-electron chi connectivity index (χ2n) is 4.40. The Labute approximate surface area is 124 Å². The minimum Gasteiger partial charge on any atom is -0.361 e. The standard InChI is InChI=1S/C15H11F3N2O2/c1-2-3-4-13-12(9-19-22-13)14(21)20-11-7-5-10(6-8-11)15(16,17)18/h1,5-9H,3-4H2,(H,20,21). The van der Waals surface area contributed by atoms with Crippen molar-refractivity contribution in [1.82, 2.24) is 5.16 Å². The topological polar surface area (TPSA) is 55.1 Å². The van der Waals surface area contributed by atoms with Crippen LogP contribution < -0.4 is 5.32 Å². The van der Waals surface area contributed by atoms with Crippen molar-refractivity contribution in [3.05, 3.63) is 47.3 Å². The number of hydrogen-bond acceptors (Lipinski definition) is 3. The molecule has 0 aliphatic carbocycles. The molecule has 2 aromatic rings. The molecule has 22 heavy (non-hydrogen) atoms. The number of benzene rings is 1. The summed E-state index contributed by atoms with van der Waals surface area (Å²) in [7, 11) is 0. The molecule has 0 aliphatic rings. The SMILES string of the molecule is C#CCCc1oncc1C(=O)Nc1ccc(C(F)(F)F)cc1. The lowest BCUT2D eigenvalue weighted by atomic mass is 10.1. The molecule has 0 bridgehead atoms. The third-order valence-corrected chi connectivity index (χ3v) is 2.86. The summed E-state index contributed by atoms with van der Waals surface area (Å²) in [5.41, 5.74) is -0.345. The van der Waals surface area contributed by atoms with E-state index < -0.39 is 17.6 Å². The second kappa shape index (κ2) is 6.35. The summed E-state index contributed by atoms with van der Waals surface area (Å²) in [5.74, 6) is 2.23. The number of carbonyl (C=O) groups excluding carboxylic acids is 1. The van der Waals surface area contributed by atoms with Crippen molar-refractivity contribution in [1.29, 1.82) is 0 Å². The Morgan fingerprint density at radius 2 is 2.00 bits per heavy atom.